The Hall–Kier alpha value is -1.66. The summed E-state index contributed by atoms with van der Waals surface area (Å²) >= 11 is 1.80. The number of hydrogen-bond donors (Lipinski definition) is 0. The highest BCUT2D eigenvalue weighted by atomic mass is 32.1. The third-order valence-electron chi connectivity index (χ3n) is 4.58. The fourth-order valence-corrected chi connectivity index (χ4v) is 4.32. The van der Waals surface area contributed by atoms with E-state index in [4.69, 9.17) is 4.74 Å². The number of hydrogen-bond acceptors (Lipinski definition) is 4. The van der Waals surface area contributed by atoms with Crippen molar-refractivity contribution >= 4 is 17.2 Å². The lowest BCUT2D eigenvalue weighted by molar-refractivity contribution is -0.138. The third kappa shape index (κ3) is 2.36. The van der Waals surface area contributed by atoms with E-state index >= 15 is 0 Å². The quantitative estimate of drug-likeness (QED) is 0.852. The first kappa shape index (κ1) is 14.0. The van der Waals surface area contributed by atoms with Gasteiger partial charge in [-0.15, -0.1) is 11.3 Å². The predicted octanol–water partition coefficient (Wildman–Crippen LogP) is 2.14. The highest BCUT2D eigenvalue weighted by molar-refractivity contribution is 7.10. The van der Waals surface area contributed by atoms with Crippen LogP contribution in [0.1, 0.15) is 28.5 Å². The SMILES string of the molecule is Cn1cc([C@H]2OCC[C@@H]2C(=O)N2CCc3sccc3C2)cn1. The van der Waals surface area contributed by atoms with Crippen molar-refractivity contribution in [1.82, 2.24) is 14.7 Å². The Morgan fingerprint density at radius 3 is 3.23 bits per heavy atom. The first-order valence-corrected chi connectivity index (χ1v) is 8.54. The summed E-state index contributed by atoms with van der Waals surface area (Å²) < 4.78 is 7.59. The Morgan fingerprint density at radius 1 is 1.50 bits per heavy atom. The topological polar surface area (TPSA) is 47.4 Å². The van der Waals surface area contributed by atoms with Gasteiger partial charge in [-0.25, -0.2) is 0 Å². The lowest BCUT2D eigenvalue weighted by Gasteiger charge is -2.30. The van der Waals surface area contributed by atoms with Crippen LogP contribution in [0.15, 0.2) is 23.8 Å². The summed E-state index contributed by atoms with van der Waals surface area (Å²) in [6, 6.07) is 2.14. The zero-order chi connectivity index (χ0) is 15.1. The van der Waals surface area contributed by atoms with E-state index in [1.807, 2.05) is 24.3 Å². The molecule has 22 heavy (non-hydrogen) atoms. The van der Waals surface area contributed by atoms with Gasteiger partial charge in [-0.05, 0) is 29.9 Å². The van der Waals surface area contributed by atoms with Crippen LogP contribution in [0.3, 0.4) is 0 Å². The van der Waals surface area contributed by atoms with E-state index in [0.29, 0.717) is 6.61 Å². The summed E-state index contributed by atoms with van der Waals surface area (Å²) in [5.41, 5.74) is 2.31. The molecule has 2 atom stereocenters. The van der Waals surface area contributed by atoms with Gasteiger partial charge in [-0.2, -0.15) is 5.10 Å². The largest absolute Gasteiger partial charge is 0.373 e. The second-order valence-electron chi connectivity index (χ2n) is 6.01. The standard InChI is InChI=1S/C16H19N3O2S/c1-18-9-12(8-17-18)15-13(3-6-21-15)16(20)19-5-2-14-11(10-19)4-7-22-14/h4,7-9,13,15H,2-3,5-6,10H2,1H3/t13-,15+/m0/s1. The average Bonchev–Trinajstić information content (AvgIpc) is 3.25. The number of ether oxygens (including phenoxy) is 1. The Balaban J connectivity index is 1.52. The molecule has 4 heterocycles. The lowest BCUT2D eigenvalue weighted by Crippen LogP contribution is -2.40. The van der Waals surface area contributed by atoms with E-state index in [9.17, 15) is 4.79 Å². The second-order valence-corrected chi connectivity index (χ2v) is 7.01. The fraction of sp³-hybridized carbons (Fsp3) is 0.500. The molecule has 0 saturated carbocycles. The van der Waals surface area contributed by atoms with Crippen LogP contribution in [-0.4, -0.2) is 33.7 Å². The maximum Gasteiger partial charge on any atom is 0.229 e. The highest BCUT2D eigenvalue weighted by Gasteiger charge is 2.38. The minimum Gasteiger partial charge on any atom is -0.373 e. The zero-order valence-electron chi connectivity index (χ0n) is 12.6. The van der Waals surface area contributed by atoms with Crippen LogP contribution in [0, 0.1) is 5.92 Å². The van der Waals surface area contributed by atoms with Crippen LogP contribution in [0.5, 0.6) is 0 Å². The molecule has 0 radical (unpaired) electrons. The van der Waals surface area contributed by atoms with Crippen molar-refractivity contribution in [3.05, 3.63) is 39.8 Å². The predicted molar refractivity (Wildman–Crippen MR) is 83.4 cm³/mol. The first-order valence-electron chi connectivity index (χ1n) is 7.66. The number of aromatic nitrogens is 2. The molecule has 5 nitrogen and oxygen atoms in total. The van der Waals surface area contributed by atoms with Crippen LogP contribution in [-0.2, 0) is 29.5 Å². The Labute approximate surface area is 133 Å². The monoisotopic (exact) mass is 317 g/mol. The maximum atomic E-state index is 12.9. The van der Waals surface area contributed by atoms with E-state index in [0.717, 1.165) is 31.5 Å². The fourth-order valence-electron chi connectivity index (χ4n) is 3.43. The van der Waals surface area contributed by atoms with Crippen molar-refractivity contribution in [3.8, 4) is 0 Å². The molecule has 1 amide bonds. The third-order valence-corrected chi connectivity index (χ3v) is 5.60. The van der Waals surface area contributed by atoms with Crippen molar-refractivity contribution in [2.75, 3.05) is 13.2 Å². The minimum absolute atomic E-state index is 0.0793. The first-order chi connectivity index (χ1) is 10.7. The zero-order valence-corrected chi connectivity index (χ0v) is 13.4. The van der Waals surface area contributed by atoms with Gasteiger partial charge in [-0.1, -0.05) is 0 Å². The molecule has 6 heteroatoms. The maximum absolute atomic E-state index is 12.9. The number of thiophene rings is 1. The molecular formula is C16H19N3O2S. The summed E-state index contributed by atoms with van der Waals surface area (Å²) in [5, 5.41) is 6.32. The number of fused-ring (bicyclic) bond motifs is 1. The van der Waals surface area contributed by atoms with Crippen LogP contribution >= 0.6 is 11.3 Å². The van der Waals surface area contributed by atoms with Crippen molar-refractivity contribution in [2.24, 2.45) is 13.0 Å². The molecule has 0 spiro atoms. The summed E-state index contributed by atoms with van der Waals surface area (Å²) in [6.45, 7) is 2.21. The number of aryl methyl sites for hydroxylation is 1. The van der Waals surface area contributed by atoms with Gasteiger partial charge >= 0.3 is 0 Å². The van der Waals surface area contributed by atoms with Crippen molar-refractivity contribution in [2.45, 2.75) is 25.5 Å². The van der Waals surface area contributed by atoms with Gasteiger partial charge in [-0.3, -0.25) is 9.48 Å². The van der Waals surface area contributed by atoms with E-state index in [-0.39, 0.29) is 17.9 Å². The van der Waals surface area contributed by atoms with Crippen LogP contribution in [0.2, 0.25) is 0 Å². The highest BCUT2D eigenvalue weighted by Crippen LogP contribution is 2.36. The molecule has 1 saturated heterocycles. The van der Waals surface area contributed by atoms with Gasteiger partial charge in [0.05, 0.1) is 18.2 Å². The number of carbonyl (C=O) groups excluding carboxylic acids is 1. The van der Waals surface area contributed by atoms with Crippen molar-refractivity contribution in [1.29, 1.82) is 0 Å². The van der Waals surface area contributed by atoms with Gasteiger partial charge < -0.3 is 9.64 Å². The molecule has 0 N–H and O–H groups in total. The number of amides is 1. The number of rotatable bonds is 2. The molecule has 4 rings (SSSR count). The Kier molecular flexibility index (Phi) is 3.50. The van der Waals surface area contributed by atoms with Gasteiger partial charge in [0.25, 0.3) is 0 Å². The molecule has 1 fully saturated rings. The van der Waals surface area contributed by atoms with E-state index in [2.05, 4.69) is 16.5 Å². The van der Waals surface area contributed by atoms with Crippen LogP contribution in [0.25, 0.3) is 0 Å². The number of carbonyl (C=O) groups is 1. The molecular weight excluding hydrogens is 298 g/mol. The summed E-state index contributed by atoms with van der Waals surface area (Å²) in [7, 11) is 1.89. The van der Waals surface area contributed by atoms with E-state index in [1.165, 1.54) is 10.4 Å². The molecule has 2 aromatic heterocycles. The van der Waals surface area contributed by atoms with E-state index < -0.39 is 0 Å². The molecule has 2 aliphatic rings. The van der Waals surface area contributed by atoms with Crippen LogP contribution < -0.4 is 0 Å². The molecule has 0 bridgehead atoms. The molecule has 0 aromatic carbocycles. The van der Waals surface area contributed by atoms with Gasteiger partial charge in [0, 0.05) is 43.4 Å². The smallest absolute Gasteiger partial charge is 0.229 e. The molecule has 2 aliphatic heterocycles. The minimum atomic E-state index is -0.148. The van der Waals surface area contributed by atoms with Crippen molar-refractivity contribution < 1.29 is 9.53 Å². The Bertz CT molecular complexity index is 693. The average molecular weight is 317 g/mol. The molecule has 2 aromatic rings. The lowest BCUT2D eigenvalue weighted by atomic mass is 9.95. The molecule has 0 unspecified atom stereocenters. The van der Waals surface area contributed by atoms with Gasteiger partial charge in [0.2, 0.25) is 5.91 Å². The van der Waals surface area contributed by atoms with E-state index in [1.54, 1.807) is 16.0 Å². The summed E-state index contributed by atoms with van der Waals surface area (Å²) in [6.07, 6.45) is 5.38. The van der Waals surface area contributed by atoms with Gasteiger partial charge in [0.15, 0.2) is 0 Å². The number of nitrogens with zero attached hydrogens (tertiary/aromatic N) is 3. The summed E-state index contributed by atoms with van der Waals surface area (Å²) in [5.74, 6) is 0.146. The van der Waals surface area contributed by atoms with Gasteiger partial charge in [0.1, 0.15) is 0 Å². The second kappa shape index (κ2) is 5.52. The van der Waals surface area contributed by atoms with Crippen LogP contribution in [0.4, 0.5) is 0 Å². The normalized spacial score (nSPS) is 24.5. The summed E-state index contributed by atoms with van der Waals surface area (Å²) in [4.78, 5) is 16.4. The Morgan fingerprint density at radius 2 is 2.41 bits per heavy atom. The van der Waals surface area contributed by atoms with Crippen molar-refractivity contribution in [3.63, 3.8) is 0 Å². The molecule has 0 aliphatic carbocycles. The molecule has 116 valence electrons.